The van der Waals surface area contributed by atoms with Gasteiger partial charge in [0, 0.05) is 24.5 Å². The molecule has 0 aliphatic heterocycles. The molecular formula is C21H25N3O2S2. The number of carbonyl (C=O) groups is 1. The lowest BCUT2D eigenvalue weighted by atomic mass is 10.2. The van der Waals surface area contributed by atoms with E-state index in [0.717, 1.165) is 20.8 Å². The first-order valence-corrected chi connectivity index (χ1v) is 11.0. The molecule has 0 fully saturated rings. The van der Waals surface area contributed by atoms with E-state index in [1.165, 1.54) is 23.1 Å². The highest BCUT2D eigenvalue weighted by Crippen LogP contribution is 2.29. The van der Waals surface area contributed by atoms with Crippen LogP contribution in [0.3, 0.4) is 0 Å². The summed E-state index contributed by atoms with van der Waals surface area (Å²) in [6.45, 7) is 8.48. The highest BCUT2D eigenvalue weighted by Gasteiger charge is 2.20. The van der Waals surface area contributed by atoms with E-state index in [1.807, 2.05) is 58.0 Å². The topological polar surface area (TPSA) is 55.2 Å². The van der Waals surface area contributed by atoms with Gasteiger partial charge < -0.3 is 4.90 Å². The maximum absolute atomic E-state index is 13.1. The second-order valence-electron chi connectivity index (χ2n) is 7.15. The highest BCUT2D eigenvalue weighted by atomic mass is 32.2. The van der Waals surface area contributed by atoms with Gasteiger partial charge in [-0.05, 0) is 38.8 Å². The lowest BCUT2D eigenvalue weighted by Crippen LogP contribution is -2.29. The Morgan fingerprint density at radius 3 is 2.57 bits per heavy atom. The summed E-state index contributed by atoms with van der Waals surface area (Å²) in [5, 5.41) is 1.31. The van der Waals surface area contributed by atoms with Gasteiger partial charge in [0.05, 0.1) is 11.1 Å². The molecule has 0 aliphatic rings. The molecule has 0 N–H and O–H groups in total. The summed E-state index contributed by atoms with van der Waals surface area (Å²) in [5.74, 6) is 0.259. The first kappa shape index (κ1) is 20.6. The number of hydrogen-bond donors (Lipinski definition) is 0. The second-order valence-corrected chi connectivity index (χ2v) is 9.30. The van der Waals surface area contributed by atoms with Gasteiger partial charge in [0.15, 0.2) is 5.16 Å². The van der Waals surface area contributed by atoms with E-state index in [9.17, 15) is 9.59 Å². The Morgan fingerprint density at radius 2 is 1.93 bits per heavy atom. The van der Waals surface area contributed by atoms with Crippen LogP contribution in [-0.4, -0.2) is 33.2 Å². The minimum absolute atomic E-state index is 0.0112. The van der Waals surface area contributed by atoms with E-state index in [0.29, 0.717) is 17.1 Å². The number of aromatic nitrogens is 2. The molecule has 0 spiro atoms. The van der Waals surface area contributed by atoms with Crippen LogP contribution in [0.4, 0.5) is 0 Å². The number of benzene rings is 1. The summed E-state index contributed by atoms with van der Waals surface area (Å²) in [7, 11) is 1.80. The lowest BCUT2D eigenvalue weighted by molar-refractivity contribution is -0.127. The third kappa shape index (κ3) is 4.15. The van der Waals surface area contributed by atoms with Crippen molar-refractivity contribution in [2.75, 3.05) is 12.8 Å². The number of thioether (sulfide) groups is 1. The van der Waals surface area contributed by atoms with Crippen LogP contribution in [0, 0.1) is 13.8 Å². The van der Waals surface area contributed by atoms with Crippen LogP contribution in [0.1, 0.15) is 35.9 Å². The van der Waals surface area contributed by atoms with Crippen molar-refractivity contribution in [1.82, 2.24) is 14.5 Å². The molecule has 0 aliphatic carbocycles. The van der Waals surface area contributed by atoms with Crippen LogP contribution in [0.5, 0.6) is 0 Å². The van der Waals surface area contributed by atoms with Crippen LogP contribution in [0.25, 0.3) is 10.2 Å². The molecule has 1 amide bonds. The number of fused-ring (bicyclic) bond motifs is 1. The van der Waals surface area contributed by atoms with Crippen LogP contribution < -0.4 is 5.56 Å². The lowest BCUT2D eigenvalue weighted by Gasteiger charge is -2.18. The molecule has 0 radical (unpaired) electrons. The molecule has 7 heteroatoms. The molecule has 1 aromatic carbocycles. The van der Waals surface area contributed by atoms with Crippen molar-refractivity contribution in [3.8, 4) is 0 Å². The molecule has 0 saturated carbocycles. The fraction of sp³-hybridized carbons (Fsp3) is 0.381. The average molecular weight is 416 g/mol. The summed E-state index contributed by atoms with van der Waals surface area (Å²) in [6, 6.07) is 9.88. The summed E-state index contributed by atoms with van der Waals surface area (Å²) in [4.78, 5) is 34.0. The number of carbonyl (C=O) groups excluding carboxylic acids is 1. The second kappa shape index (κ2) is 8.49. The number of rotatable bonds is 6. The fourth-order valence-corrected chi connectivity index (χ4v) is 5.17. The Hall–Kier alpha value is -2.12. The summed E-state index contributed by atoms with van der Waals surface area (Å²) in [6.07, 6.45) is 0. The largest absolute Gasteiger partial charge is 0.341 e. The number of aryl methyl sites for hydroxylation is 2. The zero-order valence-electron chi connectivity index (χ0n) is 16.9. The summed E-state index contributed by atoms with van der Waals surface area (Å²) < 4.78 is 1.70. The molecule has 0 atom stereocenters. The molecule has 2 heterocycles. The summed E-state index contributed by atoms with van der Waals surface area (Å²) in [5.41, 5.74) is 2.07. The van der Waals surface area contributed by atoms with Crippen molar-refractivity contribution in [2.45, 2.75) is 45.4 Å². The van der Waals surface area contributed by atoms with Gasteiger partial charge in [-0.15, -0.1) is 11.3 Å². The molecule has 0 unspecified atom stereocenters. The molecule has 0 saturated heterocycles. The maximum Gasteiger partial charge on any atom is 0.263 e. The number of amides is 1. The Balaban J connectivity index is 1.82. The van der Waals surface area contributed by atoms with E-state index >= 15 is 0 Å². The third-order valence-corrected chi connectivity index (χ3v) is 6.77. The quantitative estimate of drug-likeness (QED) is 0.442. The van der Waals surface area contributed by atoms with Crippen LogP contribution in [0.2, 0.25) is 0 Å². The van der Waals surface area contributed by atoms with Crippen molar-refractivity contribution >= 4 is 39.2 Å². The first-order valence-electron chi connectivity index (χ1n) is 9.22. The summed E-state index contributed by atoms with van der Waals surface area (Å²) >= 11 is 2.87. The Labute approximate surface area is 173 Å². The van der Waals surface area contributed by atoms with Gasteiger partial charge >= 0.3 is 0 Å². The Bertz CT molecular complexity index is 1050. The van der Waals surface area contributed by atoms with Crippen LogP contribution in [0.15, 0.2) is 40.3 Å². The van der Waals surface area contributed by atoms with E-state index in [1.54, 1.807) is 16.5 Å². The molecule has 148 valence electrons. The van der Waals surface area contributed by atoms with Crippen molar-refractivity contribution in [3.05, 3.63) is 56.7 Å². The van der Waals surface area contributed by atoms with Crippen molar-refractivity contribution in [3.63, 3.8) is 0 Å². The molecular weight excluding hydrogens is 390 g/mol. The molecule has 5 nitrogen and oxygen atoms in total. The zero-order chi connectivity index (χ0) is 20.4. The zero-order valence-corrected chi connectivity index (χ0v) is 18.5. The van der Waals surface area contributed by atoms with E-state index in [2.05, 4.69) is 0 Å². The van der Waals surface area contributed by atoms with E-state index in [-0.39, 0.29) is 23.3 Å². The van der Waals surface area contributed by atoms with E-state index < -0.39 is 0 Å². The molecule has 2 aromatic heterocycles. The number of nitrogens with zero attached hydrogens (tertiary/aromatic N) is 3. The van der Waals surface area contributed by atoms with E-state index in [4.69, 9.17) is 4.98 Å². The highest BCUT2D eigenvalue weighted by molar-refractivity contribution is 7.99. The third-order valence-electron chi connectivity index (χ3n) is 4.73. The molecule has 3 aromatic rings. The van der Waals surface area contributed by atoms with Crippen molar-refractivity contribution < 1.29 is 4.79 Å². The Morgan fingerprint density at radius 1 is 1.25 bits per heavy atom. The van der Waals surface area contributed by atoms with Gasteiger partial charge in [-0.3, -0.25) is 14.2 Å². The number of hydrogen-bond acceptors (Lipinski definition) is 5. The van der Waals surface area contributed by atoms with Gasteiger partial charge in [-0.1, -0.05) is 42.1 Å². The predicted molar refractivity (Wildman–Crippen MR) is 117 cm³/mol. The maximum atomic E-state index is 13.1. The molecule has 28 heavy (non-hydrogen) atoms. The van der Waals surface area contributed by atoms with Gasteiger partial charge in [0.25, 0.3) is 5.56 Å². The minimum atomic E-state index is -0.0244. The first-order chi connectivity index (χ1) is 13.3. The van der Waals surface area contributed by atoms with Crippen molar-refractivity contribution in [1.29, 1.82) is 0 Å². The SMILES string of the molecule is Cc1sc2nc(SCC(=O)N(C)Cc3ccccc3)n(C(C)C)c(=O)c2c1C. The van der Waals surface area contributed by atoms with Crippen LogP contribution in [-0.2, 0) is 11.3 Å². The molecule has 0 bridgehead atoms. The van der Waals surface area contributed by atoms with Gasteiger partial charge in [-0.2, -0.15) is 0 Å². The minimum Gasteiger partial charge on any atom is -0.341 e. The fourth-order valence-electron chi connectivity index (χ4n) is 3.03. The molecule has 3 rings (SSSR count). The van der Waals surface area contributed by atoms with Gasteiger partial charge in [-0.25, -0.2) is 4.98 Å². The standard InChI is InChI=1S/C21H25N3O2S2/c1-13(2)24-20(26)18-14(3)15(4)28-19(18)22-21(24)27-12-17(25)23(5)11-16-9-7-6-8-10-16/h6-10,13H,11-12H2,1-5H3. The smallest absolute Gasteiger partial charge is 0.263 e. The Kier molecular flexibility index (Phi) is 6.25. The number of thiophene rings is 1. The van der Waals surface area contributed by atoms with Crippen molar-refractivity contribution in [2.24, 2.45) is 0 Å². The van der Waals surface area contributed by atoms with Gasteiger partial charge in [0.1, 0.15) is 4.83 Å². The normalized spacial score (nSPS) is 11.4. The average Bonchev–Trinajstić information content (AvgIpc) is 2.94. The van der Waals surface area contributed by atoms with Crippen LogP contribution >= 0.6 is 23.1 Å². The monoisotopic (exact) mass is 415 g/mol. The van der Waals surface area contributed by atoms with Gasteiger partial charge in [0.2, 0.25) is 5.91 Å². The predicted octanol–water partition coefficient (Wildman–Crippen LogP) is 4.41.